The molecule has 1 aliphatic rings. The average Bonchev–Trinajstić information content (AvgIpc) is 2.81. The van der Waals surface area contributed by atoms with E-state index in [-0.39, 0.29) is 6.42 Å². The highest BCUT2D eigenvalue weighted by molar-refractivity contribution is 5.79. The Morgan fingerprint density at radius 2 is 1.89 bits per heavy atom. The molecule has 1 atom stereocenters. The summed E-state index contributed by atoms with van der Waals surface area (Å²) in [5.74, 6) is 0.00549. The smallest absolute Gasteiger partial charge is 0.354 e. The van der Waals surface area contributed by atoms with Crippen molar-refractivity contribution in [3.05, 3.63) is 17.0 Å². The van der Waals surface area contributed by atoms with Crippen LogP contribution in [0.1, 0.15) is 30.8 Å². The van der Waals surface area contributed by atoms with Crippen LogP contribution in [0.4, 0.5) is 13.2 Å². The van der Waals surface area contributed by atoms with Crippen LogP contribution in [0.25, 0.3) is 0 Å². The van der Waals surface area contributed by atoms with Crippen molar-refractivity contribution in [1.29, 1.82) is 0 Å². The topological polar surface area (TPSA) is 62.2 Å². The Kier molecular flexibility index (Phi) is 7.27. The number of alkyl halides is 3. The van der Waals surface area contributed by atoms with Crippen molar-refractivity contribution in [3.63, 3.8) is 0 Å². The largest absolute Gasteiger partial charge is 0.405 e. The maximum atomic E-state index is 13.4. The first-order valence-electron chi connectivity index (χ1n) is 9.40. The predicted octanol–water partition coefficient (Wildman–Crippen LogP) is 1.65. The van der Waals surface area contributed by atoms with E-state index in [9.17, 15) is 18.0 Å². The first kappa shape index (κ1) is 21.7. The molecule has 0 bridgehead atoms. The van der Waals surface area contributed by atoms with Crippen LogP contribution < -0.4 is 10.6 Å². The minimum atomic E-state index is -4.38. The molecule has 154 valence electrons. The van der Waals surface area contributed by atoms with E-state index < -0.39 is 24.7 Å². The highest BCUT2D eigenvalue weighted by Gasteiger charge is 2.43. The Balaban J connectivity index is 1.99. The lowest BCUT2D eigenvalue weighted by atomic mass is 10.1. The summed E-state index contributed by atoms with van der Waals surface area (Å²) in [6.07, 6.45) is -4.33. The molecule has 1 aromatic heterocycles. The Labute approximate surface area is 158 Å². The van der Waals surface area contributed by atoms with Crippen LogP contribution in [0.2, 0.25) is 0 Å². The number of carbonyl (C=O) groups is 1. The number of hydrogen-bond donors (Lipinski definition) is 2. The number of halogens is 3. The molecule has 6 nitrogen and oxygen atoms in total. The Morgan fingerprint density at radius 3 is 2.44 bits per heavy atom. The van der Waals surface area contributed by atoms with E-state index in [1.807, 2.05) is 18.5 Å². The molecule has 2 heterocycles. The molecule has 1 aromatic rings. The van der Waals surface area contributed by atoms with E-state index in [2.05, 4.69) is 29.6 Å². The van der Waals surface area contributed by atoms with Crippen LogP contribution in [-0.2, 0) is 17.8 Å². The third kappa shape index (κ3) is 5.93. The van der Waals surface area contributed by atoms with Gasteiger partial charge in [0.15, 0.2) is 0 Å². The Hall–Kier alpha value is -1.61. The lowest BCUT2D eigenvalue weighted by Gasteiger charge is -2.35. The van der Waals surface area contributed by atoms with Gasteiger partial charge in [-0.1, -0.05) is 13.8 Å². The first-order chi connectivity index (χ1) is 12.6. The van der Waals surface area contributed by atoms with Gasteiger partial charge in [0.25, 0.3) is 0 Å². The molecule has 1 fully saturated rings. The van der Waals surface area contributed by atoms with Crippen molar-refractivity contribution in [2.24, 2.45) is 5.92 Å². The van der Waals surface area contributed by atoms with Crippen LogP contribution in [-0.4, -0.2) is 65.5 Å². The standard InChI is InChI=1S/C18H30F3N5O/c1-12(2)11-26-14(4)15(13(3)24-26)9-17(27)23-10-16(18(19,20)21)25-7-5-22-6-8-25/h12,16,22H,5-11H2,1-4H3,(H,23,27). The molecule has 1 aliphatic heterocycles. The number of amides is 1. The van der Waals surface area contributed by atoms with Gasteiger partial charge in [0, 0.05) is 50.5 Å². The van der Waals surface area contributed by atoms with Crippen LogP contribution >= 0.6 is 0 Å². The van der Waals surface area contributed by atoms with Gasteiger partial charge in [-0.05, 0) is 19.8 Å². The van der Waals surface area contributed by atoms with Gasteiger partial charge in [0.2, 0.25) is 5.91 Å². The van der Waals surface area contributed by atoms with Gasteiger partial charge in [0.1, 0.15) is 6.04 Å². The van der Waals surface area contributed by atoms with Crippen molar-refractivity contribution in [2.45, 2.75) is 52.9 Å². The SMILES string of the molecule is Cc1nn(CC(C)C)c(C)c1CC(=O)NCC(N1CCNCC1)C(F)(F)F. The number of carbonyl (C=O) groups excluding carboxylic acids is 1. The second kappa shape index (κ2) is 9.05. The third-order valence-corrected chi connectivity index (χ3v) is 4.87. The fraction of sp³-hybridized carbons (Fsp3) is 0.778. The molecule has 1 amide bonds. The molecule has 2 rings (SSSR count). The molecule has 1 unspecified atom stereocenters. The minimum absolute atomic E-state index is 0.0435. The van der Waals surface area contributed by atoms with Crippen LogP contribution in [0.3, 0.4) is 0 Å². The van der Waals surface area contributed by atoms with Crippen molar-refractivity contribution in [3.8, 4) is 0 Å². The number of aromatic nitrogens is 2. The monoisotopic (exact) mass is 389 g/mol. The lowest BCUT2D eigenvalue weighted by Crippen LogP contribution is -2.57. The number of nitrogens with one attached hydrogen (secondary N) is 2. The summed E-state index contributed by atoms with van der Waals surface area (Å²) < 4.78 is 42.1. The predicted molar refractivity (Wildman–Crippen MR) is 97.5 cm³/mol. The van der Waals surface area contributed by atoms with Crippen molar-refractivity contribution >= 4 is 5.91 Å². The Bertz CT molecular complexity index is 636. The van der Waals surface area contributed by atoms with Gasteiger partial charge in [-0.25, -0.2) is 0 Å². The minimum Gasteiger partial charge on any atom is -0.354 e. The number of rotatable bonds is 7. The van der Waals surface area contributed by atoms with Crippen LogP contribution in [0.15, 0.2) is 0 Å². The summed E-state index contributed by atoms with van der Waals surface area (Å²) in [6, 6.07) is -1.66. The normalized spacial score (nSPS) is 17.3. The maximum absolute atomic E-state index is 13.4. The molecule has 0 aliphatic carbocycles. The van der Waals surface area contributed by atoms with E-state index in [4.69, 9.17) is 0 Å². The average molecular weight is 389 g/mol. The molecular formula is C18H30F3N5O. The number of aryl methyl sites for hydroxylation is 1. The van der Waals surface area contributed by atoms with E-state index in [1.165, 1.54) is 4.90 Å². The Morgan fingerprint density at radius 1 is 1.26 bits per heavy atom. The summed E-state index contributed by atoms with van der Waals surface area (Å²) in [7, 11) is 0. The maximum Gasteiger partial charge on any atom is 0.405 e. The van der Waals surface area contributed by atoms with E-state index in [1.54, 1.807) is 0 Å². The van der Waals surface area contributed by atoms with Crippen LogP contribution in [0.5, 0.6) is 0 Å². The third-order valence-electron chi connectivity index (χ3n) is 4.87. The van der Waals surface area contributed by atoms with Gasteiger partial charge in [-0.3, -0.25) is 14.4 Å². The van der Waals surface area contributed by atoms with Gasteiger partial charge in [0.05, 0.1) is 12.1 Å². The second-order valence-electron chi connectivity index (χ2n) is 7.55. The van der Waals surface area contributed by atoms with Crippen molar-refractivity contribution in [1.82, 2.24) is 25.3 Å². The lowest BCUT2D eigenvalue weighted by molar-refractivity contribution is -0.184. The van der Waals surface area contributed by atoms with Crippen molar-refractivity contribution < 1.29 is 18.0 Å². The van der Waals surface area contributed by atoms with Gasteiger partial charge in [-0.15, -0.1) is 0 Å². The van der Waals surface area contributed by atoms with Crippen LogP contribution in [0, 0.1) is 19.8 Å². The zero-order valence-corrected chi connectivity index (χ0v) is 16.5. The van der Waals surface area contributed by atoms with E-state index >= 15 is 0 Å². The van der Waals surface area contributed by atoms with Crippen molar-refractivity contribution in [2.75, 3.05) is 32.7 Å². The van der Waals surface area contributed by atoms with Gasteiger partial charge >= 0.3 is 6.18 Å². The fourth-order valence-electron chi connectivity index (χ4n) is 3.39. The molecule has 0 aromatic carbocycles. The molecule has 27 heavy (non-hydrogen) atoms. The van der Waals surface area contributed by atoms with E-state index in [0.717, 1.165) is 23.5 Å². The zero-order valence-electron chi connectivity index (χ0n) is 16.5. The molecule has 0 spiro atoms. The molecular weight excluding hydrogens is 359 g/mol. The van der Waals surface area contributed by atoms with E-state index in [0.29, 0.717) is 32.1 Å². The summed E-state index contributed by atoms with van der Waals surface area (Å²) in [5.41, 5.74) is 2.43. The number of nitrogens with zero attached hydrogens (tertiary/aromatic N) is 3. The summed E-state index contributed by atoms with van der Waals surface area (Å²) in [4.78, 5) is 13.7. The molecule has 9 heteroatoms. The number of piperazine rings is 1. The summed E-state index contributed by atoms with van der Waals surface area (Å²) in [6.45, 7) is 9.87. The molecule has 1 saturated heterocycles. The zero-order chi connectivity index (χ0) is 20.2. The molecule has 2 N–H and O–H groups in total. The fourth-order valence-corrected chi connectivity index (χ4v) is 3.39. The quantitative estimate of drug-likeness (QED) is 0.745. The first-order valence-corrected chi connectivity index (χ1v) is 9.40. The summed E-state index contributed by atoms with van der Waals surface area (Å²) >= 11 is 0. The highest BCUT2D eigenvalue weighted by atomic mass is 19.4. The number of hydrogen-bond acceptors (Lipinski definition) is 4. The summed E-state index contributed by atoms with van der Waals surface area (Å²) in [5, 5.41) is 9.98. The highest BCUT2D eigenvalue weighted by Crippen LogP contribution is 2.25. The molecule has 0 saturated carbocycles. The van der Waals surface area contributed by atoms with Gasteiger partial charge < -0.3 is 10.6 Å². The second-order valence-corrected chi connectivity index (χ2v) is 7.55. The van der Waals surface area contributed by atoms with Gasteiger partial charge in [-0.2, -0.15) is 18.3 Å². The molecule has 0 radical (unpaired) electrons.